The first-order chi connectivity index (χ1) is 18.8. The van der Waals surface area contributed by atoms with Crippen molar-refractivity contribution in [3.63, 3.8) is 0 Å². The number of pyridine rings is 1. The zero-order valence-corrected chi connectivity index (χ0v) is 21.6. The minimum absolute atomic E-state index is 0.0277. The Morgan fingerprint density at radius 2 is 1.60 bits per heavy atom. The number of likely N-dealkylation sites (tertiary alicyclic amines) is 1. The van der Waals surface area contributed by atoms with Crippen molar-refractivity contribution in [3.05, 3.63) is 48.8 Å². The number of amides is 3. The molecular formula is C25H29F3N4O8. The van der Waals surface area contributed by atoms with Crippen LogP contribution in [0, 0.1) is 17.8 Å². The molecule has 218 valence electrons. The van der Waals surface area contributed by atoms with E-state index in [-0.39, 0.29) is 37.9 Å². The van der Waals surface area contributed by atoms with Gasteiger partial charge in [0.05, 0.1) is 18.4 Å². The van der Waals surface area contributed by atoms with Gasteiger partial charge in [-0.3, -0.25) is 19.8 Å². The molecule has 0 bridgehead atoms. The number of carboxylic acids is 1. The number of piperidine rings is 1. The molecule has 3 rings (SSSR count). The molecule has 3 amide bonds. The van der Waals surface area contributed by atoms with Crippen LogP contribution < -0.4 is 15.5 Å². The molecule has 1 aromatic carbocycles. The van der Waals surface area contributed by atoms with Gasteiger partial charge in [0, 0.05) is 31.2 Å². The van der Waals surface area contributed by atoms with Crippen LogP contribution >= 0.6 is 0 Å². The highest BCUT2D eigenvalue weighted by molar-refractivity contribution is 5.96. The van der Waals surface area contributed by atoms with Gasteiger partial charge in [-0.1, -0.05) is 13.8 Å². The van der Waals surface area contributed by atoms with Gasteiger partial charge in [0.1, 0.15) is 11.5 Å². The smallest absolute Gasteiger partial charge is 0.475 e. The second-order valence-corrected chi connectivity index (χ2v) is 9.00. The van der Waals surface area contributed by atoms with Gasteiger partial charge in [-0.15, -0.1) is 0 Å². The van der Waals surface area contributed by atoms with Crippen LogP contribution in [0.2, 0.25) is 0 Å². The number of carbonyl (C=O) groups excluding carboxylic acids is 3. The van der Waals surface area contributed by atoms with E-state index in [1.807, 2.05) is 13.8 Å². The molecular weight excluding hydrogens is 541 g/mol. The van der Waals surface area contributed by atoms with Crippen LogP contribution in [0.5, 0.6) is 11.5 Å². The average molecular weight is 571 g/mol. The number of carboxylic acid groups (broad SMARTS) is 1. The van der Waals surface area contributed by atoms with Crippen molar-refractivity contribution < 1.29 is 52.1 Å². The molecule has 0 saturated carbocycles. The van der Waals surface area contributed by atoms with Gasteiger partial charge >= 0.3 is 18.2 Å². The summed E-state index contributed by atoms with van der Waals surface area (Å²) in [5, 5.41) is 19.1. The van der Waals surface area contributed by atoms with E-state index in [0.717, 1.165) is 0 Å². The van der Waals surface area contributed by atoms with Crippen molar-refractivity contribution in [3.8, 4) is 11.5 Å². The summed E-state index contributed by atoms with van der Waals surface area (Å²) in [6.45, 7) is 4.34. The Kier molecular flexibility index (Phi) is 11.7. The van der Waals surface area contributed by atoms with E-state index >= 15 is 0 Å². The quantitative estimate of drug-likeness (QED) is 0.287. The van der Waals surface area contributed by atoms with E-state index in [0.29, 0.717) is 17.2 Å². The Hall–Kier alpha value is -4.40. The topological polar surface area (TPSA) is 167 Å². The number of rotatable bonds is 7. The number of aliphatic carboxylic acids is 1. The van der Waals surface area contributed by atoms with E-state index in [9.17, 15) is 27.6 Å². The number of alkyl halides is 3. The van der Waals surface area contributed by atoms with E-state index in [1.54, 1.807) is 54.3 Å². The van der Waals surface area contributed by atoms with E-state index in [2.05, 4.69) is 10.3 Å². The van der Waals surface area contributed by atoms with Gasteiger partial charge in [0.2, 0.25) is 11.8 Å². The lowest BCUT2D eigenvalue weighted by atomic mass is 9.84. The summed E-state index contributed by atoms with van der Waals surface area (Å²) < 4.78 is 42.7. The number of benzene rings is 1. The molecule has 1 aliphatic rings. The third kappa shape index (κ3) is 10.1. The van der Waals surface area contributed by atoms with Gasteiger partial charge in [-0.25, -0.2) is 15.1 Å². The molecule has 2 heterocycles. The molecule has 4 N–H and O–H groups in total. The molecule has 1 aromatic heterocycles. The molecule has 2 atom stereocenters. The number of hydrogen-bond donors (Lipinski definition) is 4. The summed E-state index contributed by atoms with van der Waals surface area (Å²) in [6.07, 6.45) is -2.12. The van der Waals surface area contributed by atoms with E-state index < -0.39 is 36.0 Å². The molecule has 1 aliphatic heterocycles. The molecule has 2 aromatic rings. The molecule has 0 aliphatic carbocycles. The second kappa shape index (κ2) is 14.7. The van der Waals surface area contributed by atoms with Gasteiger partial charge < -0.3 is 24.8 Å². The standard InChI is InChI=1S/C23H28N4O6.C2HF3O2/c1-15(2)14-32-23(30)27-12-9-19(20(13-27)22(29)26-31)21(28)25-16-3-5-17(6-4-16)33-18-7-10-24-11-8-18;3-2(4,5)1(6)7/h3-8,10-11,15,19-20,31H,9,12-14H2,1-2H3,(H,25,28)(H,26,29);(H,6,7)/t19-,20-;/m0./s1. The largest absolute Gasteiger partial charge is 0.490 e. The molecule has 12 nitrogen and oxygen atoms in total. The molecule has 1 fully saturated rings. The van der Waals surface area contributed by atoms with Crippen molar-refractivity contribution >= 4 is 29.6 Å². The summed E-state index contributed by atoms with van der Waals surface area (Å²) in [5.74, 6) is -4.09. The predicted octanol–water partition coefficient (Wildman–Crippen LogP) is 3.68. The first-order valence-corrected chi connectivity index (χ1v) is 12.0. The number of anilines is 1. The minimum Gasteiger partial charge on any atom is -0.475 e. The fourth-order valence-electron chi connectivity index (χ4n) is 3.49. The number of hydroxylamine groups is 1. The fraction of sp³-hybridized carbons (Fsp3) is 0.400. The molecule has 1 saturated heterocycles. The summed E-state index contributed by atoms with van der Waals surface area (Å²) in [5.41, 5.74) is 2.14. The first kappa shape index (κ1) is 31.8. The third-order valence-corrected chi connectivity index (χ3v) is 5.44. The number of carbonyl (C=O) groups is 4. The Balaban J connectivity index is 0.000000708. The highest BCUT2D eigenvalue weighted by atomic mass is 19.4. The summed E-state index contributed by atoms with van der Waals surface area (Å²) >= 11 is 0. The molecule has 0 radical (unpaired) electrons. The number of aromatic nitrogens is 1. The maximum Gasteiger partial charge on any atom is 0.490 e. The molecule has 15 heteroatoms. The van der Waals surface area contributed by atoms with Crippen LogP contribution in [0.3, 0.4) is 0 Å². The summed E-state index contributed by atoms with van der Waals surface area (Å²) in [4.78, 5) is 51.7. The highest BCUT2D eigenvalue weighted by Gasteiger charge is 2.40. The SMILES string of the molecule is CC(C)COC(=O)N1CC[C@H](C(=O)Nc2ccc(Oc3ccncc3)cc2)[C@@H](C(=O)NO)C1.O=C(O)C(F)(F)F. The third-order valence-electron chi connectivity index (χ3n) is 5.44. The lowest BCUT2D eigenvalue weighted by Gasteiger charge is -2.36. The van der Waals surface area contributed by atoms with Crippen LogP contribution in [0.25, 0.3) is 0 Å². The van der Waals surface area contributed by atoms with Crippen molar-refractivity contribution in [1.29, 1.82) is 0 Å². The second-order valence-electron chi connectivity index (χ2n) is 9.00. The summed E-state index contributed by atoms with van der Waals surface area (Å²) in [6, 6.07) is 10.3. The van der Waals surface area contributed by atoms with Crippen LogP contribution in [-0.4, -0.2) is 69.9 Å². The maximum atomic E-state index is 12.9. The normalized spacial score (nSPS) is 16.7. The number of ether oxygens (including phenoxy) is 2. The van der Waals surface area contributed by atoms with Crippen molar-refractivity contribution in [2.24, 2.45) is 17.8 Å². The lowest BCUT2D eigenvalue weighted by Crippen LogP contribution is -2.52. The maximum absolute atomic E-state index is 12.9. The predicted molar refractivity (Wildman–Crippen MR) is 132 cm³/mol. The first-order valence-electron chi connectivity index (χ1n) is 12.0. The zero-order valence-electron chi connectivity index (χ0n) is 21.6. The Morgan fingerprint density at radius 3 is 2.12 bits per heavy atom. The van der Waals surface area contributed by atoms with Crippen molar-refractivity contribution in [2.45, 2.75) is 26.4 Å². The van der Waals surface area contributed by atoms with Crippen molar-refractivity contribution in [2.75, 3.05) is 25.0 Å². The van der Waals surface area contributed by atoms with Crippen LogP contribution in [0.15, 0.2) is 48.8 Å². The molecule has 40 heavy (non-hydrogen) atoms. The summed E-state index contributed by atoms with van der Waals surface area (Å²) in [7, 11) is 0. The van der Waals surface area contributed by atoms with Gasteiger partial charge in [0.15, 0.2) is 0 Å². The highest BCUT2D eigenvalue weighted by Crippen LogP contribution is 2.27. The van der Waals surface area contributed by atoms with Crippen LogP contribution in [0.1, 0.15) is 20.3 Å². The van der Waals surface area contributed by atoms with Gasteiger partial charge in [-0.05, 0) is 48.7 Å². The number of nitrogens with zero attached hydrogens (tertiary/aromatic N) is 2. The lowest BCUT2D eigenvalue weighted by molar-refractivity contribution is -0.192. The Bertz CT molecular complexity index is 1150. The fourth-order valence-corrected chi connectivity index (χ4v) is 3.49. The Morgan fingerprint density at radius 1 is 1.02 bits per heavy atom. The van der Waals surface area contributed by atoms with Gasteiger partial charge in [-0.2, -0.15) is 13.2 Å². The van der Waals surface area contributed by atoms with E-state index in [1.165, 1.54) is 4.90 Å². The molecule has 0 spiro atoms. The zero-order chi connectivity index (χ0) is 29.9. The minimum atomic E-state index is -5.08. The number of nitrogens with one attached hydrogen (secondary N) is 2. The van der Waals surface area contributed by atoms with E-state index in [4.69, 9.17) is 24.6 Å². The van der Waals surface area contributed by atoms with Crippen LogP contribution in [-0.2, 0) is 19.1 Å². The monoisotopic (exact) mass is 570 g/mol. The molecule has 0 unspecified atom stereocenters. The number of hydrogen-bond acceptors (Lipinski definition) is 8. The average Bonchev–Trinajstić information content (AvgIpc) is 2.92. The Labute approximate surface area is 227 Å². The van der Waals surface area contributed by atoms with Crippen molar-refractivity contribution in [1.82, 2.24) is 15.4 Å². The van der Waals surface area contributed by atoms with Gasteiger partial charge in [0.25, 0.3) is 0 Å². The number of halogens is 3. The van der Waals surface area contributed by atoms with Crippen LogP contribution in [0.4, 0.5) is 23.7 Å².